The summed E-state index contributed by atoms with van der Waals surface area (Å²) in [4.78, 5) is 27.6. The van der Waals surface area contributed by atoms with E-state index in [1.54, 1.807) is 25.2 Å². The van der Waals surface area contributed by atoms with E-state index >= 15 is 0 Å². The fraction of sp³-hybridized carbons (Fsp3) is 0.0833. The molecule has 0 aliphatic heterocycles. The quantitative estimate of drug-likeness (QED) is 0.636. The average Bonchev–Trinajstić information content (AvgIpc) is 2.89. The third-order valence-electron chi connectivity index (χ3n) is 2.85. The lowest BCUT2D eigenvalue weighted by Gasteiger charge is -1.99. The van der Waals surface area contributed by atoms with Crippen LogP contribution in [0.3, 0.4) is 0 Å². The Morgan fingerprint density at radius 3 is 2.79 bits per heavy atom. The molecule has 0 spiro atoms. The van der Waals surface area contributed by atoms with Crippen LogP contribution in [0.1, 0.15) is 10.4 Å². The van der Waals surface area contributed by atoms with Gasteiger partial charge < -0.3 is 15.1 Å². The van der Waals surface area contributed by atoms with Crippen molar-refractivity contribution in [3.63, 3.8) is 0 Å². The number of hydrogen-bond donors (Lipinski definition) is 3. The number of imidazole rings is 1. The molecule has 3 aromatic rings. The number of nitrogens with zero attached hydrogens (tertiary/aromatic N) is 2. The van der Waals surface area contributed by atoms with E-state index in [9.17, 15) is 9.59 Å². The van der Waals surface area contributed by atoms with E-state index in [2.05, 4.69) is 15.1 Å². The Bertz CT molecular complexity index is 840. The predicted octanol–water partition coefficient (Wildman–Crippen LogP) is 0.955. The van der Waals surface area contributed by atoms with Crippen molar-refractivity contribution in [2.45, 2.75) is 0 Å². The van der Waals surface area contributed by atoms with Crippen LogP contribution in [0.2, 0.25) is 0 Å². The van der Waals surface area contributed by atoms with Crippen LogP contribution in [0.5, 0.6) is 0 Å². The van der Waals surface area contributed by atoms with Crippen molar-refractivity contribution in [3.8, 4) is 11.3 Å². The van der Waals surface area contributed by atoms with Crippen LogP contribution in [0, 0.1) is 0 Å². The summed E-state index contributed by atoms with van der Waals surface area (Å²) in [6, 6.07) is 5.13. The van der Waals surface area contributed by atoms with Crippen molar-refractivity contribution in [3.05, 3.63) is 40.4 Å². The largest absolute Gasteiger partial charge is 0.478 e. The lowest BCUT2D eigenvalue weighted by Crippen LogP contribution is -1.99. The zero-order valence-corrected chi connectivity index (χ0v) is 9.97. The summed E-state index contributed by atoms with van der Waals surface area (Å²) in [6.45, 7) is 0. The van der Waals surface area contributed by atoms with E-state index in [-0.39, 0.29) is 11.3 Å². The first-order valence-corrected chi connectivity index (χ1v) is 5.54. The molecule has 3 N–H and O–H groups in total. The number of fused-ring (bicyclic) bond motifs is 1. The topological polar surface area (TPSA) is 104 Å². The molecule has 0 fully saturated rings. The maximum atomic E-state index is 11.2. The fourth-order valence-corrected chi connectivity index (χ4v) is 2.04. The number of carbonyl (C=O) groups is 1. The standard InChI is InChI=1S/C12H10N4O3/c1-16-5-7(11(17)18)10(15-16)6-2-3-8-9(4-6)14-12(19)13-8/h2-5H,1H3,(H,17,18)(H2,13,14,19). The number of H-pyrrole nitrogens is 2. The highest BCUT2D eigenvalue weighted by atomic mass is 16.4. The third kappa shape index (κ3) is 1.81. The molecule has 7 heteroatoms. The Hall–Kier alpha value is -2.83. The van der Waals surface area contributed by atoms with E-state index in [0.29, 0.717) is 22.3 Å². The summed E-state index contributed by atoms with van der Waals surface area (Å²) >= 11 is 0. The van der Waals surface area contributed by atoms with Crippen molar-refractivity contribution in [1.29, 1.82) is 0 Å². The highest BCUT2D eigenvalue weighted by Gasteiger charge is 2.16. The lowest BCUT2D eigenvalue weighted by molar-refractivity contribution is 0.0697. The van der Waals surface area contributed by atoms with Crippen molar-refractivity contribution in [1.82, 2.24) is 19.7 Å². The minimum absolute atomic E-state index is 0.125. The Balaban J connectivity index is 2.23. The normalized spacial score (nSPS) is 11.0. The number of aromatic amines is 2. The second-order valence-corrected chi connectivity index (χ2v) is 4.21. The molecule has 2 aromatic heterocycles. The highest BCUT2D eigenvalue weighted by Crippen LogP contribution is 2.24. The first kappa shape index (κ1) is 11.3. The Morgan fingerprint density at radius 2 is 2.05 bits per heavy atom. The van der Waals surface area contributed by atoms with Crippen LogP contribution in [0.25, 0.3) is 22.3 Å². The van der Waals surface area contributed by atoms with Crippen molar-refractivity contribution >= 4 is 17.0 Å². The zero-order chi connectivity index (χ0) is 13.6. The number of aryl methyl sites for hydroxylation is 1. The van der Waals surface area contributed by atoms with E-state index in [0.717, 1.165) is 0 Å². The monoisotopic (exact) mass is 258 g/mol. The molecule has 19 heavy (non-hydrogen) atoms. The summed E-state index contributed by atoms with van der Waals surface area (Å²) in [5.74, 6) is -1.04. The second kappa shape index (κ2) is 3.84. The molecule has 0 saturated carbocycles. The Labute approximate surface area is 106 Å². The Morgan fingerprint density at radius 1 is 1.32 bits per heavy atom. The van der Waals surface area contributed by atoms with Gasteiger partial charge in [-0.1, -0.05) is 6.07 Å². The van der Waals surface area contributed by atoms with Gasteiger partial charge in [0, 0.05) is 18.8 Å². The van der Waals surface area contributed by atoms with Gasteiger partial charge >= 0.3 is 11.7 Å². The number of aromatic carboxylic acids is 1. The number of carboxylic acids is 1. The predicted molar refractivity (Wildman–Crippen MR) is 68.1 cm³/mol. The van der Waals surface area contributed by atoms with Crippen LogP contribution < -0.4 is 5.69 Å². The highest BCUT2D eigenvalue weighted by molar-refractivity contribution is 5.95. The number of carboxylic acid groups (broad SMARTS) is 1. The first-order valence-electron chi connectivity index (χ1n) is 5.54. The van der Waals surface area contributed by atoms with Gasteiger partial charge in [0.2, 0.25) is 0 Å². The number of aromatic nitrogens is 4. The molecule has 1 aromatic carbocycles. The van der Waals surface area contributed by atoms with Crippen LogP contribution >= 0.6 is 0 Å². The molecule has 0 saturated heterocycles. The summed E-state index contributed by atoms with van der Waals surface area (Å²) in [5.41, 5.74) is 2.12. The molecule has 96 valence electrons. The summed E-state index contributed by atoms with van der Waals surface area (Å²) < 4.78 is 1.45. The molecule has 0 aliphatic rings. The summed E-state index contributed by atoms with van der Waals surface area (Å²) in [6.07, 6.45) is 1.45. The molecule has 3 rings (SSSR count). The maximum absolute atomic E-state index is 11.2. The van der Waals surface area contributed by atoms with Gasteiger partial charge in [0.25, 0.3) is 0 Å². The zero-order valence-electron chi connectivity index (χ0n) is 9.97. The Kier molecular flexibility index (Phi) is 2.28. The summed E-state index contributed by atoms with van der Waals surface area (Å²) in [7, 11) is 1.66. The maximum Gasteiger partial charge on any atom is 0.339 e. The number of nitrogens with one attached hydrogen (secondary N) is 2. The molecule has 7 nitrogen and oxygen atoms in total. The molecular weight excluding hydrogens is 248 g/mol. The molecule has 0 radical (unpaired) electrons. The number of hydrogen-bond acceptors (Lipinski definition) is 3. The van der Waals surface area contributed by atoms with E-state index in [1.807, 2.05) is 0 Å². The second-order valence-electron chi connectivity index (χ2n) is 4.21. The molecule has 0 unspecified atom stereocenters. The molecule has 0 bridgehead atoms. The van der Waals surface area contributed by atoms with Gasteiger partial charge in [0.05, 0.1) is 11.0 Å². The van der Waals surface area contributed by atoms with Crippen molar-refractivity contribution in [2.75, 3.05) is 0 Å². The molecule has 2 heterocycles. The van der Waals surface area contributed by atoms with Crippen molar-refractivity contribution in [2.24, 2.45) is 7.05 Å². The average molecular weight is 258 g/mol. The van der Waals surface area contributed by atoms with Crippen LogP contribution in [0.4, 0.5) is 0 Å². The number of rotatable bonds is 2. The van der Waals surface area contributed by atoms with Crippen LogP contribution in [-0.2, 0) is 7.05 Å². The van der Waals surface area contributed by atoms with Crippen molar-refractivity contribution < 1.29 is 9.90 Å². The van der Waals surface area contributed by atoms with Gasteiger partial charge in [0.15, 0.2) is 0 Å². The lowest BCUT2D eigenvalue weighted by atomic mass is 10.1. The van der Waals surface area contributed by atoms with Gasteiger partial charge in [-0.3, -0.25) is 4.68 Å². The van der Waals surface area contributed by atoms with Gasteiger partial charge in [-0.25, -0.2) is 9.59 Å². The summed E-state index contributed by atoms with van der Waals surface area (Å²) in [5, 5.41) is 13.3. The molecule has 0 aliphatic carbocycles. The van der Waals surface area contributed by atoms with E-state index in [4.69, 9.17) is 5.11 Å². The van der Waals surface area contributed by atoms with Crippen LogP contribution in [0.15, 0.2) is 29.2 Å². The van der Waals surface area contributed by atoms with Gasteiger partial charge in [0.1, 0.15) is 11.3 Å². The molecule has 0 atom stereocenters. The first-order chi connectivity index (χ1) is 9.04. The van der Waals surface area contributed by atoms with Gasteiger partial charge in [-0.15, -0.1) is 0 Å². The molecular formula is C12H10N4O3. The fourth-order valence-electron chi connectivity index (χ4n) is 2.04. The van der Waals surface area contributed by atoms with E-state index in [1.165, 1.54) is 10.9 Å². The van der Waals surface area contributed by atoms with Gasteiger partial charge in [-0.2, -0.15) is 5.10 Å². The van der Waals surface area contributed by atoms with E-state index < -0.39 is 5.97 Å². The third-order valence-corrected chi connectivity index (χ3v) is 2.85. The number of benzene rings is 1. The van der Waals surface area contributed by atoms with Crippen LogP contribution in [-0.4, -0.2) is 30.8 Å². The van der Waals surface area contributed by atoms with Gasteiger partial charge in [-0.05, 0) is 12.1 Å². The minimum atomic E-state index is -1.04. The SMILES string of the molecule is Cn1cc(C(=O)O)c(-c2ccc3[nH]c(=O)[nH]c3c2)n1. The minimum Gasteiger partial charge on any atom is -0.478 e. The smallest absolute Gasteiger partial charge is 0.339 e. The molecule has 0 amide bonds.